The van der Waals surface area contributed by atoms with Gasteiger partial charge in [0.1, 0.15) is 17.2 Å². The van der Waals surface area contributed by atoms with Gasteiger partial charge in [0.2, 0.25) is 5.13 Å². The lowest BCUT2D eigenvalue weighted by Gasteiger charge is -2.02. The van der Waals surface area contributed by atoms with Gasteiger partial charge in [0.25, 0.3) is 5.69 Å². The van der Waals surface area contributed by atoms with E-state index in [-0.39, 0.29) is 17.1 Å². The van der Waals surface area contributed by atoms with Gasteiger partial charge < -0.3 is 9.47 Å². The Morgan fingerprint density at radius 1 is 1.12 bits per heavy atom. The molecule has 2 aromatic heterocycles. The fourth-order valence-corrected chi connectivity index (χ4v) is 3.82. The molecule has 0 amide bonds. The SMILES string of the molecule is COc1ccc(-c2csc(-n3[nH]c(C)c(N=Nc4cc([N+](=O)[O-])ccc4OC)c3=O)n2)cc1. The van der Waals surface area contributed by atoms with Gasteiger partial charge in [-0.05, 0) is 37.3 Å². The van der Waals surface area contributed by atoms with Crippen molar-refractivity contribution in [3.05, 3.63) is 74.0 Å². The lowest BCUT2D eigenvalue weighted by molar-refractivity contribution is -0.384. The summed E-state index contributed by atoms with van der Waals surface area (Å²) in [6, 6.07) is 11.4. The van der Waals surface area contributed by atoms with Crippen LogP contribution in [0, 0.1) is 17.0 Å². The van der Waals surface area contributed by atoms with E-state index >= 15 is 0 Å². The van der Waals surface area contributed by atoms with Crippen LogP contribution in [0.3, 0.4) is 0 Å². The molecule has 0 aliphatic heterocycles. The number of ether oxygens (including phenoxy) is 2. The van der Waals surface area contributed by atoms with Crippen LogP contribution in [0.1, 0.15) is 5.69 Å². The molecule has 11 nitrogen and oxygen atoms in total. The minimum Gasteiger partial charge on any atom is -0.497 e. The van der Waals surface area contributed by atoms with Crippen LogP contribution in [0.4, 0.5) is 17.1 Å². The smallest absolute Gasteiger partial charge is 0.301 e. The highest BCUT2D eigenvalue weighted by atomic mass is 32.1. The largest absolute Gasteiger partial charge is 0.497 e. The first-order chi connectivity index (χ1) is 15.9. The minimum atomic E-state index is -0.546. The van der Waals surface area contributed by atoms with Crippen LogP contribution in [0.25, 0.3) is 16.4 Å². The Bertz CT molecular complexity index is 1400. The highest BCUT2D eigenvalue weighted by molar-refractivity contribution is 7.12. The van der Waals surface area contributed by atoms with Crippen molar-refractivity contribution in [1.82, 2.24) is 14.8 Å². The molecular formula is C21H18N6O5S. The number of hydrogen-bond donors (Lipinski definition) is 1. The van der Waals surface area contributed by atoms with Crippen molar-refractivity contribution in [3.8, 4) is 27.9 Å². The predicted octanol–water partition coefficient (Wildman–Crippen LogP) is 4.94. The molecule has 0 bridgehead atoms. The molecule has 168 valence electrons. The van der Waals surface area contributed by atoms with Crippen LogP contribution in [-0.4, -0.2) is 33.9 Å². The number of aryl methyl sites for hydroxylation is 1. The number of non-ortho nitro benzene ring substituents is 1. The molecule has 2 aromatic carbocycles. The van der Waals surface area contributed by atoms with Gasteiger partial charge in [-0.3, -0.25) is 20.0 Å². The molecule has 0 saturated heterocycles. The number of H-pyrrole nitrogens is 1. The van der Waals surface area contributed by atoms with E-state index in [1.54, 1.807) is 14.0 Å². The molecule has 0 spiro atoms. The van der Waals surface area contributed by atoms with E-state index in [2.05, 4.69) is 20.3 Å². The van der Waals surface area contributed by atoms with Crippen molar-refractivity contribution in [1.29, 1.82) is 0 Å². The summed E-state index contributed by atoms with van der Waals surface area (Å²) in [6.45, 7) is 1.68. The highest BCUT2D eigenvalue weighted by Crippen LogP contribution is 2.33. The van der Waals surface area contributed by atoms with Crippen molar-refractivity contribution in [2.75, 3.05) is 14.2 Å². The van der Waals surface area contributed by atoms with E-state index in [9.17, 15) is 14.9 Å². The first kappa shape index (κ1) is 21.9. The third-order valence-corrected chi connectivity index (χ3v) is 5.57. The molecule has 2 heterocycles. The predicted molar refractivity (Wildman–Crippen MR) is 123 cm³/mol. The summed E-state index contributed by atoms with van der Waals surface area (Å²) in [6.07, 6.45) is 0. The minimum absolute atomic E-state index is 0.0600. The zero-order valence-corrected chi connectivity index (χ0v) is 18.6. The number of nitro groups is 1. The maximum absolute atomic E-state index is 13.0. The molecular weight excluding hydrogens is 448 g/mol. The Morgan fingerprint density at radius 3 is 2.55 bits per heavy atom. The number of aromatic amines is 1. The van der Waals surface area contributed by atoms with Crippen molar-refractivity contribution < 1.29 is 14.4 Å². The Hall–Kier alpha value is -4.32. The molecule has 0 aliphatic carbocycles. The number of methoxy groups -OCH3 is 2. The maximum atomic E-state index is 13.0. The number of nitrogens with one attached hydrogen (secondary N) is 1. The van der Waals surface area contributed by atoms with Crippen LogP contribution in [0.5, 0.6) is 11.5 Å². The third kappa shape index (κ3) is 4.36. The fourth-order valence-electron chi connectivity index (χ4n) is 3.03. The molecule has 0 atom stereocenters. The molecule has 12 heteroatoms. The standard InChI is InChI=1S/C21H18N6O5S/c1-12-19(24-23-16-10-14(27(29)30)6-9-18(16)32-3)20(28)26(25-12)21-22-17(11-33-21)13-4-7-15(31-2)8-5-13/h4-11,25H,1-3H3. The van der Waals surface area contributed by atoms with Crippen LogP contribution in [0.15, 0.2) is 62.9 Å². The van der Waals surface area contributed by atoms with E-state index in [1.807, 2.05) is 29.6 Å². The van der Waals surface area contributed by atoms with Crippen molar-refractivity contribution in [2.24, 2.45) is 10.2 Å². The molecule has 0 fully saturated rings. The van der Waals surface area contributed by atoms with Gasteiger partial charge in [0, 0.05) is 23.1 Å². The summed E-state index contributed by atoms with van der Waals surface area (Å²) in [5.74, 6) is 1.03. The van der Waals surface area contributed by atoms with E-state index in [0.717, 1.165) is 11.3 Å². The van der Waals surface area contributed by atoms with Gasteiger partial charge in [-0.2, -0.15) is 4.68 Å². The summed E-state index contributed by atoms with van der Waals surface area (Å²) < 4.78 is 11.6. The summed E-state index contributed by atoms with van der Waals surface area (Å²) in [7, 11) is 3.01. The van der Waals surface area contributed by atoms with Gasteiger partial charge in [0.15, 0.2) is 5.69 Å². The van der Waals surface area contributed by atoms with Gasteiger partial charge >= 0.3 is 5.56 Å². The molecule has 33 heavy (non-hydrogen) atoms. The van der Waals surface area contributed by atoms with Crippen molar-refractivity contribution >= 4 is 28.4 Å². The number of benzene rings is 2. The monoisotopic (exact) mass is 466 g/mol. The normalized spacial score (nSPS) is 11.1. The van der Waals surface area contributed by atoms with Gasteiger partial charge in [0.05, 0.1) is 30.5 Å². The molecule has 0 unspecified atom stereocenters. The van der Waals surface area contributed by atoms with Crippen LogP contribution >= 0.6 is 11.3 Å². The van der Waals surface area contributed by atoms with Crippen molar-refractivity contribution in [2.45, 2.75) is 6.92 Å². The average Bonchev–Trinajstić information content (AvgIpc) is 3.42. The molecule has 1 N–H and O–H groups in total. The first-order valence-corrected chi connectivity index (χ1v) is 10.5. The number of azo groups is 1. The third-order valence-electron chi connectivity index (χ3n) is 4.74. The Kier molecular flexibility index (Phi) is 6.00. The fraction of sp³-hybridized carbons (Fsp3) is 0.143. The van der Waals surface area contributed by atoms with E-state index < -0.39 is 10.5 Å². The van der Waals surface area contributed by atoms with Gasteiger partial charge in [-0.1, -0.05) is 0 Å². The summed E-state index contributed by atoms with van der Waals surface area (Å²) in [5.41, 5.74) is 1.64. The van der Waals surface area contributed by atoms with E-state index in [1.165, 1.54) is 41.3 Å². The van der Waals surface area contributed by atoms with Crippen LogP contribution in [-0.2, 0) is 0 Å². The number of nitro benzene ring substituents is 1. The van der Waals surface area contributed by atoms with E-state index in [0.29, 0.717) is 22.3 Å². The first-order valence-electron chi connectivity index (χ1n) is 9.57. The maximum Gasteiger partial charge on any atom is 0.301 e. The summed E-state index contributed by atoms with van der Waals surface area (Å²) in [4.78, 5) is 28.0. The Labute approximate surface area is 191 Å². The molecule has 4 aromatic rings. The second-order valence-electron chi connectivity index (χ2n) is 6.78. The second-order valence-corrected chi connectivity index (χ2v) is 7.62. The average molecular weight is 466 g/mol. The number of hydrogen-bond acceptors (Lipinski definition) is 9. The van der Waals surface area contributed by atoms with Gasteiger partial charge in [-0.25, -0.2) is 4.98 Å². The van der Waals surface area contributed by atoms with Gasteiger partial charge in [-0.15, -0.1) is 21.6 Å². The molecule has 0 saturated carbocycles. The second kappa shape index (κ2) is 9.04. The topological polar surface area (TPSA) is 137 Å². The van der Waals surface area contributed by atoms with E-state index in [4.69, 9.17) is 9.47 Å². The summed E-state index contributed by atoms with van der Waals surface area (Å²) >= 11 is 1.29. The molecule has 0 radical (unpaired) electrons. The van der Waals surface area contributed by atoms with Crippen molar-refractivity contribution in [3.63, 3.8) is 0 Å². The van der Waals surface area contributed by atoms with Crippen LogP contribution in [0.2, 0.25) is 0 Å². The Balaban J connectivity index is 1.66. The lowest BCUT2D eigenvalue weighted by Crippen LogP contribution is -2.13. The summed E-state index contributed by atoms with van der Waals surface area (Å²) in [5, 5.41) is 24.3. The number of rotatable bonds is 7. The number of nitrogens with zero attached hydrogens (tertiary/aromatic N) is 5. The molecule has 4 rings (SSSR count). The zero-order chi connectivity index (χ0) is 23.5. The van der Waals surface area contributed by atoms with Crippen LogP contribution < -0.4 is 15.0 Å². The number of thiazole rings is 1. The lowest BCUT2D eigenvalue weighted by atomic mass is 10.2. The highest BCUT2D eigenvalue weighted by Gasteiger charge is 2.16. The quantitative estimate of drug-likeness (QED) is 0.233. The molecule has 0 aliphatic rings. The Morgan fingerprint density at radius 2 is 1.88 bits per heavy atom. The number of aromatic nitrogens is 3. The zero-order valence-electron chi connectivity index (χ0n) is 17.8.